The molecule has 2 heterocycles. The van der Waals surface area contributed by atoms with E-state index in [2.05, 4.69) is 10.6 Å². The van der Waals surface area contributed by atoms with Crippen LogP contribution in [0.15, 0.2) is 41.3 Å². The van der Waals surface area contributed by atoms with Crippen LogP contribution in [0, 0.1) is 6.92 Å². The van der Waals surface area contributed by atoms with Crippen molar-refractivity contribution >= 4 is 44.8 Å². The zero-order valence-electron chi connectivity index (χ0n) is 16.1. The van der Waals surface area contributed by atoms with E-state index >= 15 is 0 Å². The second-order valence-electron chi connectivity index (χ2n) is 7.22. The molecule has 2 aliphatic rings. The summed E-state index contributed by atoms with van der Waals surface area (Å²) in [6.07, 6.45) is 0.978. The first-order chi connectivity index (χ1) is 14.3. The smallest absolute Gasteiger partial charge is 0.262 e. The number of halogens is 1. The lowest BCUT2D eigenvalue weighted by atomic mass is 10.2. The van der Waals surface area contributed by atoms with Crippen molar-refractivity contribution in [2.24, 2.45) is 0 Å². The fourth-order valence-electron chi connectivity index (χ4n) is 3.54. The van der Waals surface area contributed by atoms with Gasteiger partial charge in [0, 0.05) is 17.3 Å². The van der Waals surface area contributed by atoms with Crippen molar-refractivity contribution < 1.29 is 22.7 Å². The molecule has 2 aliphatic heterocycles. The van der Waals surface area contributed by atoms with Crippen LogP contribution in [-0.4, -0.2) is 43.7 Å². The Labute approximate surface area is 179 Å². The maximum absolute atomic E-state index is 13.2. The highest BCUT2D eigenvalue weighted by Crippen LogP contribution is 2.33. The molecule has 10 heteroatoms. The Bertz CT molecular complexity index is 1140. The first-order valence-electron chi connectivity index (χ1n) is 9.41. The average Bonchev–Trinajstić information content (AvgIpc) is 3.21. The molecular formula is C20H20ClN3O5S. The fourth-order valence-corrected chi connectivity index (χ4v) is 5.41. The van der Waals surface area contributed by atoms with Crippen molar-refractivity contribution in [3.8, 4) is 5.75 Å². The molecule has 0 spiro atoms. The fraction of sp³-hybridized carbons (Fsp3) is 0.300. The van der Waals surface area contributed by atoms with Gasteiger partial charge in [-0.25, -0.2) is 8.42 Å². The minimum Gasteiger partial charge on any atom is -0.482 e. The number of fused-ring (bicyclic) bond motifs is 1. The van der Waals surface area contributed by atoms with E-state index in [0.717, 1.165) is 5.56 Å². The molecule has 0 bridgehead atoms. The number of carbonyl (C=O) groups excluding carboxylic acids is 2. The van der Waals surface area contributed by atoms with Gasteiger partial charge in [-0.15, -0.1) is 0 Å². The van der Waals surface area contributed by atoms with Gasteiger partial charge in [-0.3, -0.25) is 9.59 Å². The van der Waals surface area contributed by atoms with Crippen molar-refractivity contribution in [2.75, 3.05) is 23.8 Å². The summed E-state index contributed by atoms with van der Waals surface area (Å²) in [5, 5.41) is 5.87. The number of ether oxygens (including phenoxy) is 1. The summed E-state index contributed by atoms with van der Waals surface area (Å²) < 4.78 is 33.0. The Hall–Kier alpha value is -2.62. The van der Waals surface area contributed by atoms with E-state index in [1.165, 1.54) is 22.5 Å². The summed E-state index contributed by atoms with van der Waals surface area (Å²) in [5.41, 5.74) is 1.68. The monoisotopic (exact) mass is 449 g/mol. The maximum atomic E-state index is 13.2. The zero-order valence-corrected chi connectivity index (χ0v) is 17.7. The van der Waals surface area contributed by atoms with Crippen LogP contribution in [0.3, 0.4) is 0 Å². The van der Waals surface area contributed by atoms with Gasteiger partial charge < -0.3 is 15.4 Å². The number of anilines is 2. The molecule has 4 rings (SSSR count). The lowest BCUT2D eigenvalue weighted by Crippen LogP contribution is -2.43. The Morgan fingerprint density at radius 3 is 2.83 bits per heavy atom. The van der Waals surface area contributed by atoms with Gasteiger partial charge in [0.05, 0.1) is 10.6 Å². The van der Waals surface area contributed by atoms with Gasteiger partial charge in [-0.2, -0.15) is 4.31 Å². The van der Waals surface area contributed by atoms with Gasteiger partial charge in [0.15, 0.2) is 6.61 Å². The molecule has 0 saturated carbocycles. The van der Waals surface area contributed by atoms with Crippen LogP contribution >= 0.6 is 11.6 Å². The molecule has 1 fully saturated rings. The first-order valence-corrected chi connectivity index (χ1v) is 11.2. The lowest BCUT2D eigenvalue weighted by Gasteiger charge is -2.24. The third-order valence-corrected chi connectivity index (χ3v) is 7.45. The van der Waals surface area contributed by atoms with Crippen molar-refractivity contribution in [1.29, 1.82) is 0 Å². The summed E-state index contributed by atoms with van der Waals surface area (Å²) in [6.45, 7) is 1.97. The second-order valence-corrected chi connectivity index (χ2v) is 9.52. The van der Waals surface area contributed by atoms with Gasteiger partial charge in [0.25, 0.3) is 5.91 Å². The van der Waals surface area contributed by atoms with Crippen LogP contribution in [0.1, 0.15) is 18.4 Å². The molecule has 1 atom stereocenters. The second kappa shape index (κ2) is 7.90. The summed E-state index contributed by atoms with van der Waals surface area (Å²) in [7, 11) is -3.95. The van der Waals surface area contributed by atoms with E-state index in [1.807, 2.05) is 6.92 Å². The Balaban J connectivity index is 1.57. The first kappa shape index (κ1) is 20.6. The summed E-state index contributed by atoms with van der Waals surface area (Å²) >= 11 is 6.11. The van der Waals surface area contributed by atoms with Crippen LogP contribution in [0.5, 0.6) is 5.75 Å². The normalized spacial score (nSPS) is 19.0. The van der Waals surface area contributed by atoms with Crippen molar-refractivity contribution in [3.63, 3.8) is 0 Å². The predicted molar refractivity (Wildman–Crippen MR) is 112 cm³/mol. The summed E-state index contributed by atoms with van der Waals surface area (Å²) in [6, 6.07) is 8.57. The molecule has 2 amide bonds. The van der Waals surface area contributed by atoms with E-state index in [4.69, 9.17) is 16.3 Å². The molecule has 1 saturated heterocycles. The predicted octanol–water partition coefficient (Wildman–Crippen LogP) is 2.77. The number of sulfonamides is 1. The van der Waals surface area contributed by atoms with Crippen molar-refractivity contribution in [3.05, 3.63) is 47.0 Å². The zero-order chi connectivity index (χ0) is 21.5. The Morgan fingerprint density at radius 2 is 2.07 bits per heavy atom. The minimum atomic E-state index is -3.95. The van der Waals surface area contributed by atoms with Crippen LogP contribution in [0.25, 0.3) is 0 Å². The van der Waals surface area contributed by atoms with E-state index < -0.39 is 22.0 Å². The number of benzene rings is 2. The number of aryl methyl sites for hydroxylation is 1. The van der Waals surface area contributed by atoms with Crippen LogP contribution in [0.4, 0.5) is 11.4 Å². The van der Waals surface area contributed by atoms with Gasteiger partial charge in [-0.1, -0.05) is 17.7 Å². The maximum Gasteiger partial charge on any atom is 0.262 e. The number of hydrogen-bond acceptors (Lipinski definition) is 5. The molecule has 2 aromatic rings. The van der Waals surface area contributed by atoms with Gasteiger partial charge in [0.1, 0.15) is 11.8 Å². The number of nitrogens with one attached hydrogen (secondary N) is 2. The SMILES string of the molecule is Cc1ccc(NC(=O)C2CCCN2S(=O)(=O)c2ccc3c(c2)NC(=O)CO3)cc1Cl. The standard InChI is InChI=1S/C20H20ClN3O5S/c1-12-4-5-13(9-15(12)21)22-20(26)17-3-2-8-24(17)30(27,28)14-6-7-18-16(10-14)23-19(25)11-29-18/h4-7,9-10,17H,2-3,8,11H2,1H3,(H,22,26)(H,23,25). The van der Waals surface area contributed by atoms with Crippen molar-refractivity contribution in [1.82, 2.24) is 4.31 Å². The number of carbonyl (C=O) groups is 2. The van der Waals surface area contributed by atoms with Crippen LogP contribution in [-0.2, 0) is 19.6 Å². The average molecular weight is 450 g/mol. The van der Waals surface area contributed by atoms with E-state index in [9.17, 15) is 18.0 Å². The van der Waals surface area contributed by atoms with E-state index in [1.54, 1.807) is 18.2 Å². The highest BCUT2D eigenvalue weighted by Gasteiger charge is 2.40. The van der Waals surface area contributed by atoms with Gasteiger partial charge >= 0.3 is 0 Å². The lowest BCUT2D eigenvalue weighted by molar-refractivity contribution is -0.119. The third-order valence-electron chi connectivity index (χ3n) is 5.14. The largest absolute Gasteiger partial charge is 0.482 e. The molecule has 8 nitrogen and oxygen atoms in total. The topological polar surface area (TPSA) is 105 Å². The summed E-state index contributed by atoms with van der Waals surface area (Å²) in [4.78, 5) is 24.4. The molecule has 0 aromatic heterocycles. The minimum absolute atomic E-state index is 0.00914. The van der Waals surface area contributed by atoms with Crippen LogP contribution < -0.4 is 15.4 Å². The van der Waals surface area contributed by atoms with Gasteiger partial charge in [0.2, 0.25) is 15.9 Å². The molecule has 0 radical (unpaired) electrons. The molecule has 30 heavy (non-hydrogen) atoms. The number of nitrogens with zero attached hydrogens (tertiary/aromatic N) is 1. The highest BCUT2D eigenvalue weighted by atomic mass is 35.5. The van der Waals surface area contributed by atoms with E-state index in [0.29, 0.717) is 35.0 Å². The quantitative estimate of drug-likeness (QED) is 0.746. The van der Waals surface area contributed by atoms with Crippen molar-refractivity contribution in [2.45, 2.75) is 30.7 Å². The highest BCUT2D eigenvalue weighted by molar-refractivity contribution is 7.89. The van der Waals surface area contributed by atoms with Crippen LogP contribution in [0.2, 0.25) is 5.02 Å². The summed E-state index contributed by atoms with van der Waals surface area (Å²) in [5.74, 6) is -0.363. The number of rotatable bonds is 4. The molecular weight excluding hydrogens is 430 g/mol. The molecule has 0 aliphatic carbocycles. The Kier molecular flexibility index (Phi) is 5.44. The van der Waals surface area contributed by atoms with E-state index in [-0.39, 0.29) is 24.0 Å². The number of amides is 2. The Morgan fingerprint density at radius 1 is 1.27 bits per heavy atom. The molecule has 158 valence electrons. The third kappa shape index (κ3) is 3.88. The molecule has 2 N–H and O–H groups in total. The number of hydrogen-bond donors (Lipinski definition) is 2. The van der Waals surface area contributed by atoms with Gasteiger partial charge in [-0.05, 0) is 55.7 Å². The molecule has 1 unspecified atom stereocenters. The molecule has 2 aromatic carbocycles.